The molecule has 3 N–H and O–H groups in total. The van der Waals surface area contributed by atoms with Gasteiger partial charge in [-0.2, -0.15) is 0 Å². The van der Waals surface area contributed by atoms with Crippen molar-refractivity contribution in [1.82, 2.24) is 15.1 Å². The quantitative estimate of drug-likeness (QED) is 0.523. The first-order valence-corrected chi connectivity index (χ1v) is 5.53. The van der Waals surface area contributed by atoms with Gasteiger partial charge in [0.1, 0.15) is 0 Å². The topological polar surface area (TPSA) is 110 Å². The van der Waals surface area contributed by atoms with Gasteiger partial charge in [0, 0.05) is 26.7 Å². The molecular weight excluding hydrogens is 242 g/mol. The fourth-order valence-electron chi connectivity index (χ4n) is 1.34. The van der Waals surface area contributed by atoms with Crippen molar-refractivity contribution in [3.05, 3.63) is 0 Å². The molecule has 0 aromatic carbocycles. The first-order valence-electron chi connectivity index (χ1n) is 5.53. The van der Waals surface area contributed by atoms with E-state index in [0.29, 0.717) is 6.54 Å². The molecular formula is C10H19N3O5. The Balaban J connectivity index is 4.35. The van der Waals surface area contributed by atoms with E-state index in [1.54, 1.807) is 6.92 Å². The molecule has 0 rings (SSSR count). The molecule has 0 bridgehead atoms. The average Bonchev–Trinajstić information content (AvgIpc) is 2.28. The number of aliphatic carboxylic acids is 1. The molecule has 0 aromatic rings. The molecule has 0 spiro atoms. The summed E-state index contributed by atoms with van der Waals surface area (Å²) in [4.78, 5) is 35.1. The Bertz CT molecular complexity index is 308. The van der Waals surface area contributed by atoms with Crippen molar-refractivity contribution in [1.29, 1.82) is 0 Å². The van der Waals surface area contributed by atoms with Crippen LogP contribution in [-0.4, -0.2) is 77.8 Å². The van der Waals surface area contributed by atoms with Gasteiger partial charge in [-0.05, 0) is 6.92 Å². The number of nitrogens with zero attached hydrogens (tertiary/aromatic N) is 2. The molecule has 0 heterocycles. The Hall–Kier alpha value is -1.83. The number of hydrogen-bond acceptors (Lipinski definition) is 4. The minimum atomic E-state index is -1.06. The van der Waals surface area contributed by atoms with E-state index in [4.69, 9.17) is 10.2 Å². The first-order chi connectivity index (χ1) is 8.40. The molecule has 0 aliphatic heterocycles. The van der Waals surface area contributed by atoms with Gasteiger partial charge in [0.05, 0.1) is 13.1 Å². The van der Waals surface area contributed by atoms with Crippen LogP contribution in [0.15, 0.2) is 0 Å². The summed E-state index contributed by atoms with van der Waals surface area (Å²) in [5, 5.41) is 19.9. The van der Waals surface area contributed by atoms with Gasteiger partial charge in [-0.1, -0.05) is 0 Å². The van der Waals surface area contributed by atoms with E-state index < -0.39 is 12.1 Å². The molecule has 8 nitrogen and oxygen atoms in total. The number of carbonyl (C=O) groups is 3. The van der Waals surface area contributed by atoms with Crippen LogP contribution in [0.25, 0.3) is 0 Å². The predicted octanol–water partition coefficient (Wildman–Crippen LogP) is -0.881. The van der Waals surface area contributed by atoms with E-state index in [1.807, 2.05) is 0 Å². The fourth-order valence-corrected chi connectivity index (χ4v) is 1.34. The summed E-state index contributed by atoms with van der Waals surface area (Å²) in [7, 11) is 1.46. The summed E-state index contributed by atoms with van der Waals surface area (Å²) in [6.45, 7) is 1.99. The van der Waals surface area contributed by atoms with Crippen LogP contribution in [0.2, 0.25) is 0 Å². The van der Waals surface area contributed by atoms with Gasteiger partial charge >= 0.3 is 12.1 Å². The lowest BCUT2D eigenvalue weighted by molar-refractivity contribution is -0.138. The van der Waals surface area contributed by atoms with E-state index in [0.717, 1.165) is 4.90 Å². The van der Waals surface area contributed by atoms with Crippen molar-refractivity contribution in [2.75, 3.05) is 39.8 Å². The second-order valence-corrected chi connectivity index (χ2v) is 3.64. The summed E-state index contributed by atoms with van der Waals surface area (Å²) in [5.41, 5.74) is 0. The Morgan fingerprint density at radius 3 is 2.11 bits per heavy atom. The molecule has 0 atom stereocenters. The second kappa shape index (κ2) is 8.29. The van der Waals surface area contributed by atoms with Gasteiger partial charge in [-0.3, -0.25) is 14.5 Å². The van der Waals surface area contributed by atoms with Crippen LogP contribution in [0.5, 0.6) is 0 Å². The van der Waals surface area contributed by atoms with Crippen molar-refractivity contribution in [3.63, 3.8) is 0 Å². The summed E-state index contributed by atoms with van der Waals surface area (Å²) < 4.78 is 0. The lowest BCUT2D eigenvalue weighted by Crippen LogP contribution is -2.43. The van der Waals surface area contributed by atoms with Crippen LogP contribution >= 0.6 is 0 Å². The van der Waals surface area contributed by atoms with Gasteiger partial charge in [0.25, 0.3) is 0 Å². The number of carbonyl (C=O) groups excluding carboxylic acids is 1. The third-order valence-electron chi connectivity index (χ3n) is 2.34. The molecule has 0 fully saturated rings. The first kappa shape index (κ1) is 16.2. The zero-order chi connectivity index (χ0) is 14.1. The van der Waals surface area contributed by atoms with Crippen LogP contribution in [0.1, 0.15) is 6.92 Å². The number of nitrogens with one attached hydrogen (secondary N) is 1. The molecule has 18 heavy (non-hydrogen) atoms. The number of rotatable bonds is 8. The maximum atomic E-state index is 11.2. The number of hydrogen-bond donors (Lipinski definition) is 3. The third kappa shape index (κ3) is 6.69. The summed E-state index contributed by atoms with van der Waals surface area (Å²) in [6.07, 6.45) is -1.06. The summed E-state index contributed by atoms with van der Waals surface area (Å²) in [6, 6.07) is 0. The van der Waals surface area contributed by atoms with E-state index in [-0.39, 0.29) is 32.1 Å². The largest absolute Gasteiger partial charge is 0.480 e. The van der Waals surface area contributed by atoms with E-state index in [2.05, 4.69) is 5.32 Å². The van der Waals surface area contributed by atoms with Crippen LogP contribution in [0.4, 0.5) is 4.79 Å². The van der Waals surface area contributed by atoms with Gasteiger partial charge < -0.3 is 20.4 Å². The highest BCUT2D eigenvalue weighted by molar-refractivity contribution is 5.78. The van der Waals surface area contributed by atoms with Crippen molar-refractivity contribution in [2.24, 2.45) is 0 Å². The average molecular weight is 261 g/mol. The Kier molecular flexibility index (Phi) is 7.45. The molecule has 0 aliphatic carbocycles. The maximum Gasteiger partial charge on any atom is 0.407 e. The van der Waals surface area contributed by atoms with Gasteiger partial charge in [-0.25, -0.2) is 4.79 Å². The van der Waals surface area contributed by atoms with Gasteiger partial charge in [0.2, 0.25) is 5.91 Å². The minimum Gasteiger partial charge on any atom is -0.480 e. The van der Waals surface area contributed by atoms with Crippen LogP contribution in [0.3, 0.4) is 0 Å². The molecule has 104 valence electrons. The zero-order valence-electron chi connectivity index (χ0n) is 10.5. The van der Waals surface area contributed by atoms with Crippen LogP contribution < -0.4 is 5.32 Å². The Morgan fingerprint density at radius 2 is 1.72 bits per heavy atom. The maximum absolute atomic E-state index is 11.2. The number of amides is 2. The predicted molar refractivity (Wildman–Crippen MR) is 63.4 cm³/mol. The molecule has 0 saturated carbocycles. The fraction of sp³-hybridized carbons (Fsp3) is 0.700. The number of likely N-dealkylation sites (N-methyl/N-ethyl adjacent to an activating group) is 2. The molecule has 0 unspecified atom stereocenters. The minimum absolute atomic E-state index is 0.0695. The molecule has 0 saturated heterocycles. The highest BCUT2D eigenvalue weighted by Gasteiger charge is 2.16. The molecule has 8 heteroatoms. The normalized spacial score (nSPS) is 10.2. The van der Waals surface area contributed by atoms with Gasteiger partial charge in [0.15, 0.2) is 0 Å². The molecule has 2 amide bonds. The SMILES string of the molecule is CCN(CCN(CC(=O)O)CC(=O)NC)C(=O)O. The van der Waals surface area contributed by atoms with Crippen molar-refractivity contribution in [2.45, 2.75) is 6.92 Å². The standard InChI is InChI=1S/C10H19N3O5/c1-3-13(10(17)18)5-4-12(7-9(15)16)6-8(14)11-2/h3-7H2,1-2H3,(H,11,14)(H,15,16)(H,17,18). The van der Waals surface area contributed by atoms with Crippen LogP contribution in [-0.2, 0) is 9.59 Å². The lowest BCUT2D eigenvalue weighted by Gasteiger charge is -2.23. The lowest BCUT2D eigenvalue weighted by atomic mass is 10.4. The van der Waals surface area contributed by atoms with E-state index in [1.165, 1.54) is 11.9 Å². The van der Waals surface area contributed by atoms with Gasteiger partial charge in [-0.15, -0.1) is 0 Å². The second-order valence-electron chi connectivity index (χ2n) is 3.64. The Labute approximate surface area is 105 Å². The summed E-state index contributed by atoms with van der Waals surface area (Å²) >= 11 is 0. The molecule has 0 aliphatic rings. The van der Waals surface area contributed by atoms with Crippen molar-refractivity contribution >= 4 is 18.0 Å². The smallest absolute Gasteiger partial charge is 0.407 e. The summed E-state index contributed by atoms with van der Waals surface area (Å²) in [5.74, 6) is -1.37. The molecule has 0 aromatic heterocycles. The molecule has 0 radical (unpaired) electrons. The van der Waals surface area contributed by atoms with Crippen molar-refractivity contribution < 1.29 is 24.6 Å². The highest BCUT2D eigenvalue weighted by atomic mass is 16.4. The number of carboxylic acids is 1. The van der Waals surface area contributed by atoms with E-state index in [9.17, 15) is 14.4 Å². The Morgan fingerprint density at radius 1 is 1.11 bits per heavy atom. The monoisotopic (exact) mass is 261 g/mol. The third-order valence-corrected chi connectivity index (χ3v) is 2.34. The van der Waals surface area contributed by atoms with Crippen LogP contribution in [0, 0.1) is 0 Å². The zero-order valence-corrected chi connectivity index (χ0v) is 10.5. The van der Waals surface area contributed by atoms with E-state index >= 15 is 0 Å². The number of carboxylic acid groups (broad SMARTS) is 2. The highest BCUT2D eigenvalue weighted by Crippen LogP contribution is 1.94. The van der Waals surface area contributed by atoms with Crippen molar-refractivity contribution in [3.8, 4) is 0 Å².